The molecule has 0 aliphatic heterocycles. The van der Waals surface area contributed by atoms with Crippen LogP contribution in [0.2, 0.25) is 5.02 Å². The highest BCUT2D eigenvalue weighted by atomic mass is 35.5. The molecule has 0 bridgehead atoms. The molecule has 0 aromatic heterocycles. The third-order valence-electron chi connectivity index (χ3n) is 4.32. The van der Waals surface area contributed by atoms with Crippen molar-refractivity contribution in [2.24, 2.45) is 5.10 Å². The van der Waals surface area contributed by atoms with E-state index in [0.29, 0.717) is 27.7 Å². The Balaban J connectivity index is 1.48. The fraction of sp³-hybridized carbons (Fsp3) is 0.0833. The predicted octanol–water partition coefficient (Wildman–Crippen LogP) is 3.75. The molecular weight excluding hydrogens is 444 g/mol. The summed E-state index contributed by atoms with van der Waals surface area (Å²) in [4.78, 5) is 36.0. The molecule has 0 saturated heterocycles. The Morgan fingerprint density at radius 3 is 2.52 bits per heavy atom. The second-order valence-corrected chi connectivity index (χ2v) is 7.32. The minimum atomic E-state index is -0.903. The van der Waals surface area contributed by atoms with Gasteiger partial charge in [0.05, 0.1) is 6.21 Å². The van der Waals surface area contributed by atoms with Crippen molar-refractivity contribution in [3.8, 4) is 5.75 Å². The molecule has 33 heavy (non-hydrogen) atoms. The van der Waals surface area contributed by atoms with Crippen LogP contribution in [0.4, 0.5) is 11.4 Å². The summed E-state index contributed by atoms with van der Waals surface area (Å²) in [5.74, 6) is -1.64. The summed E-state index contributed by atoms with van der Waals surface area (Å²) in [6.07, 6.45) is 1.36. The molecule has 0 aliphatic carbocycles. The molecule has 3 N–H and O–H groups in total. The minimum absolute atomic E-state index is 0.205. The van der Waals surface area contributed by atoms with E-state index >= 15 is 0 Å². The number of hydrogen-bond donors (Lipinski definition) is 3. The van der Waals surface area contributed by atoms with Crippen LogP contribution in [0.25, 0.3) is 0 Å². The number of carbonyl (C=O) groups is 3. The highest BCUT2D eigenvalue weighted by Crippen LogP contribution is 2.16. The summed E-state index contributed by atoms with van der Waals surface area (Å²) in [5.41, 5.74) is 4.72. The van der Waals surface area contributed by atoms with Gasteiger partial charge in [-0.3, -0.25) is 14.4 Å². The van der Waals surface area contributed by atoms with Crippen LogP contribution >= 0.6 is 11.6 Å². The fourth-order valence-electron chi connectivity index (χ4n) is 2.71. The molecule has 0 fully saturated rings. The summed E-state index contributed by atoms with van der Waals surface area (Å²) in [7, 11) is 0. The summed E-state index contributed by atoms with van der Waals surface area (Å²) in [6.45, 7) is 1.62. The third kappa shape index (κ3) is 7.48. The maximum Gasteiger partial charge on any atom is 0.329 e. The molecule has 3 rings (SSSR count). The molecule has 0 spiro atoms. The van der Waals surface area contributed by atoms with Crippen molar-refractivity contribution < 1.29 is 19.1 Å². The highest BCUT2D eigenvalue weighted by molar-refractivity contribution is 6.39. The van der Waals surface area contributed by atoms with Crippen LogP contribution in [-0.4, -0.2) is 30.5 Å². The average Bonchev–Trinajstić information content (AvgIpc) is 2.79. The molecule has 3 aromatic rings. The van der Waals surface area contributed by atoms with Crippen LogP contribution < -0.4 is 20.8 Å². The Morgan fingerprint density at radius 2 is 1.73 bits per heavy atom. The third-order valence-corrected chi connectivity index (χ3v) is 4.55. The van der Waals surface area contributed by atoms with Gasteiger partial charge >= 0.3 is 11.8 Å². The zero-order chi connectivity index (χ0) is 23.6. The van der Waals surface area contributed by atoms with Gasteiger partial charge in [0, 0.05) is 16.4 Å². The number of hydrazone groups is 1. The van der Waals surface area contributed by atoms with Gasteiger partial charge in [-0.05, 0) is 54.4 Å². The quantitative estimate of drug-likeness (QED) is 0.281. The van der Waals surface area contributed by atoms with Crippen LogP contribution in [0.3, 0.4) is 0 Å². The molecule has 0 heterocycles. The molecular formula is C24H21ClN4O4. The maximum absolute atomic E-state index is 12.1. The lowest BCUT2D eigenvalue weighted by molar-refractivity contribution is -0.136. The van der Waals surface area contributed by atoms with Crippen molar-refractivity contribution in [1.82, 2.24) is 5.43 Å². The fourth-order valence-corrected chi connectivity index (χ4v) is 2.90. The van der Waals surface area contributed by atoms with E-state index < -0.39 is 11.8 Å². The molecule has 9 heteroatoms. The normalized spacial score (nSPS) is 10.5. The minimum Gasteiger partial charge on any atom is -0.484 e. The first-order valence-electron chi connectivity index (χ1n) is 9.89. The first kappa shape index (κ1) is 23.5. The molecule has 0 unspecified atom stereocenters. The zero-order valence-corrected chi connectivity index (χ0v) is 18.4. The van der Waals surface area contributed by atoms with Crippen molar-refractivity contribution in [1.29, 1.82) is 0 Å². The van der Waals surface area contributed by atoms with E-state index in [1.165, 1.54) is 6.21 Å². The Kier molecular flexibility index (Phi) is 8.15. The largest absolute Gasteiger partial charge is 0.484 e. The van der Waals surface area contributed by atoms with Gasteiger partial charge in [0.15, 0.2) is 6.61 Å². The van der Waals surface area contributed by atoms with Crippen LogP contribution in [0.5, 0.6) is 5.75 Å². The summed E-state index contributed by atoms with van der Waals surface area (Å²) < 4.78 is 5.50. The van der Waals surface area contributed by atoms with Crippen molar-refractivity contribution in [3.05, 3.63) is 88.9 Å². The standard InChI is InChI=1S/C24H21ClN4O4/c1-16-6-2-3-11-21(16)28-23(31)24(32)29-26-14-17-7-4-10-20(12-17)33-15-22(30)27-19-9-5-8-18(25)13-19/h2-14H,15H2,1H3,(H,27,30)(H,28,31)(H,29,32)/b26-14-. The van der Waals surface area contributed by atoms with Crippen molar-refractivity contribution in [2.75, 3.05) is 17.2 Å². The predicted molar refractivity (Wildman–Crippen MR) is 128 cm³/mol. The molecule has 3 aromatic carbocycles. The van der Waals surface area contributed by atoms with E-state index in [0.717, 1.165) is 5.56 Å². The Labute approximate surface area is 195 Å². The number of benzene rings is 3. The number of para-hydroxylation sites is 1. The molecule has 0 aliphatic rings. The van der Waals surface area contributed by atoms with E-state index in [2.05, 4.69) is 21.2 Å². The topological polar surface area (TPSA) is 109 Å². The molecule has 8 nitrogen and oxygen atoms in total. The lowest BCUT2D eigenvalue weighted by Gasteiger charge is -2.08. The van der Waals surface area contributed by atoms with Crippen molar-refractivity contribution >= 4 is 46.9 Å². The smallest absolute Gasteiger partial charge is 0.329 e. The lowest BCUT2D eigenvalue weighted by atomic mass is 10.2. The van der Waals surface area contributed by atoms with Gasteiger partial charge in [-0.2, -0.15) is 5.10 Å². The summed E-state index contributed by atoms with van der Waals surface area (Å²) >= 11 is 5.90. The second-order valence-electron chi connectivity index (χ2n) is 6.89. The highest BCUT2D eigenvalue weighted by Gasteiger charge is 2.13. The van der Waals surface area contributed by atoms with Gasteiger partial charge in [0.25, 0.3) is 5.91 Å². The van der Waals surface area contributed by atoms with Crippen LogP contribution in [0.15, 0.2) is 77.9 Å². The lowest BCUT2D eigenvalue weighted by Crippen LogP contribution is -2.32. The van der Waals surface area contributed by atoms with E-state index in [1.807, 2.05) is 19.1 Å². The molecule has 0 radical (unpaired) electrons. The van der Waals surface area contributed by atoms with E-state index in [1.54, 1.807) is 60.7 Å². The van der Waals surface area contributed by atoms with Crippen LogP contribution in [0.1, 0.15) is 11.1 Å². The van der Waals surface area contributed by atoms with E-state index in [4.69, 9.17) is 16.3 Å². The molecule has 0 atom stereocenters. The van der Waals surface area contributed by atoms with Crippen LogP contribution in [0, 0.1) is 6.92 Å². The summed E-state index contributed by atoms with van der Waals surface area (Å²) in [6, 6.07) is 20.6. The molecule has 3 amide bonds. The number of hydrogen-bond acceptors (Lipinski definition) is 5. The number of nitrogens with zero attached hydrogens (tertiary/aromatic N) is 1. The number of anilines is 2. The summed E-state index contributed by atoms with van der Waals surface area (Å²) in [5, 5.41) is 9.52. The number of ether oxygens (including phenoxy) is 1. The number of amides is 3. The first-order chi connectivity index (χ1) is 15.9. The number of carbonyl (C=O) groups excluding carboxylic acids is 3. The Hall–Kier alpha value is -4.17. The van der Waals surface area contributed by atoms with Gasteiger partial charge in [0.1, 0.15) is 5.75 Å². The first-order valence-corrected chi connectivity index (χ1v) is 10.3. The monoisotopic (exact) mass is 464 g/mol. The van der Waals surface area contributed by atoms with Crippen molar-refractivity contribution in [2.45, 2.75) is 6.92 Å². The van der Waals surface area contributed by atoms with E-state index in [9.17, 15) is 14.4 Å². The van der Waals surface area contributed by atoms with Gasteiger partial charge in [0.2, 0.25) is 0 Å². The van der Waals surface area contributed by atoms with Gasteiger partial charge in [-0.15, -0.1) is 0 Å². The van der Waals surface area contributed by atoms with E-state index in [-0.39, 0.29) is 12.5 Å². The molecule has 168 valence electrons. The maximum atomic E-state index is 12.1. The molecule has 0 saturated carbocycles. The van der Waals surface area contributed by atoms with Crippen molar-refractivity contribution in [3.63, 3.8) is 0 Å². The number of aryl methyl sites for hydroxylation is 1. The van der Waals surface area contributed by atoms with Gasteiger partial charge in [-0.1, -0.05) is 48.0 Å². The van der Waals surface area contributed by atoms with Crippen LogP contribution in [-0.2, 0) is 14.4 Å². The Morgan fingerprint density at radius 1 is 0.939 bits per heavy atom. The number of rotatable bonds is 7. The van der Waals surface area contributed by atoms with Gasteiger partial charge in [-0.25, -0.2) is 5.43 Å². The Bertz CT molecular complexity index is 1200. The number of halogens is 1. The second kappa shape index (κ2) is 11.4. The zero-order valence-electron chi connectivity index (χ0n) is 17.7. The SMILES string of the molecule is Cc1ccccc1NC(=O)C(=O)N/N=C\c1cccc(OCC(=O)Nc2cccc(Cl)c2)c1. The van der Waals surface area contributed by atoms with Gasteiger partial charge < -0.3 is 15.4 Å². The average molecular weight is 465 g/mol. The number of nitrogens with one attached hydrogen (secondary N) is 3.